The smallest absolute Gasteiger partial charge is 0.268 e. The summed E-state index contributed by atoms with van der Waals surface area (Å²) in [4.78, 5) is 16.8. The van der Waals surface area contributed by atoms with Gasteiger partial charge in [0.1, 0.15) is 5.75 Å². The van der Waals surface area contributed by atoms with Crippen LogP contribution in [0.25, 0.3) is 0 Å². The van der Waals surface area contributed by atoms with Crippen molar-refractivity contribution in [1.29, 1.82) is 0 Å². The van der Waals surface area contributed by atoms with Gasteiger partial charge in [0.2, 0.25) is 0 Å². The Kier molecular flexibility index (Phi) is 3.42. The Morgan fingerprint density at radius 2 is 1.95 bits per heavy atom. The molecule has 4 nitrogen and oxygen atoms in total. The molecule has 0 bridgehead atoms. The van der Waals surface area contributed by atoms with Crippen LogP contribution in [0.4, 0.5) is 5.69 Å². The Morgan fingerprint density at radius 3 is 2.65 bits per heavy atom. The molecule has 3 rings (SSSR count). The van der Waals surface area contributed by atoms with Gasteiger partial charge in [-0.1, -0.05) is 6.07 Å². The van der Waals surface area contributed by atoms with Gasteiger partial charge in [0.05, 0.1) is 5.69 Å². The van der Waals surface area contributed by atoms with Crippen LogP contribution in [-0.4, -0.2) is 43.1 Å². The Morgan fingerprint density at radius 1 is 1.25 bits per heavy atom. The first-order valence-electron chi connectivity index (χ1n) is 7.35. The van der Waals surface area contributed by atoms with E-state index in [1.54, 1.807) is 0 Å². The highest BCUT2D eigenvalue weighted by atomic mass is 16.5. The maximum Gasteiger partial charge on any atom is 0.268 e. The molecule has 0 aromatic heterocycles. The number of aryl methyl sites for hydroxylation is 1. The van der Waals surface area contributed by atoms with Crippen molar-refractivity contribution in [2.24, 2.45) is 0 Å². The lowest BCUT2D eigenvalue weighted by molar-refractivity contribution is -0.126. The molecule has 0 aliphatic carbocycles. The van der Waals surface area contributed by atoms with Gasteiger partial charge in [0, 0.05) is 6.04 Å². The van der Waals surface area contributed by atoms with E-state index in [1.165, 1.54) is 0 Å². The minimum atomic E-state index is -0.385. The number of amides is 1. The molecule has 1 aromatic carbocycles. The number of fused-ring (bicyclic) bond motifs is 1. The normalized spacial score (nSPS) is 24.4. The quantitative estimate of drug-likeness (QED) is 0.787. The fourth-order valence-corrected chi connectivity index (χ4v) is 3.10. The van der Waals surface area contributed by atoms with Gasteiger partial charge in [-0.3, -0.25) is 4.79 Å². The van der Waals surface area contributed by atoms with E-state index in [9.17, 15) is 4.79 Å². The third-order valence-electron chi connectivity index (χ3n) is 4.32. The fraction of sp³-hybridized carbons (Fsp3) is 0.562. The average Bonchev–Trinajstić information content (AvgIpc) is 2.42. The Labute approximate surface area is 120 Å². The monoisotopic (exact) mass is 274 g/mol. The van der Waals surface area contributed by atoms with Crippen molar-refractivity contribution in [1.82, 2.24) is 4.90 Å². The molecule has 0 N–H and O–H groups in total. The van der Waals surface area contributed by atoms with E-state index >= 15 is 0 Å². The average molecular weight is 274 g/mol. The third-order valence-corrected chi connectivity index (χ3v) is 4.32. The third kappa shape index (κ3) is 2.29. The van der Waals surface area contributed by atoms with E-state index in [1.807, 2.05) is 36.9 Å². The van der Waals surface area contributed by atoms with E-state index in [2.05, 4.69) is 11.9 Å². The summed E-state index contributed by atoms with van der Waals surface area (Å²) in [6.07, 6.45) is 1.67. The van der Waals surface area contributed by atoms with Crippen LogP contribution in [0.5, 0.6) is 5.75 Å². The molecular weight excluding hydrogens is 252 g/mol. The van der Waals surface area contributed by atoms with Crippen LogP contribution in [0.3, 0.4) is 0 Å². The van der Waals surface area contributed by atoms with Crippen molar-refractivity contribution in [3.63, 3.8) is 0 Å². The number of anilines is 1. The molecule has 2 aliphatic heterocycles. The van der Waals surface area contributed by atoms with E-state index < -0.39 is 0 Å². The summed E-state index contributed by atoms with van der Waals surface area (Å²) < 4.78 is 5.77. The predicted octanol–water partition coefficient (Wildman–Crippen LogP) is 2.20. The van der Waals surface area contributed by atoms with Crippen molar-refractivity contribution >= 4 is 11.6 Å². The van der Waals surface area contributed by atoms with Crippen molar-refractivity contribution in [2.75, 3.05) is 25.0 Å². The summed E-state index contributed by atoms with van der Waals surface area (Å²) in [7, 11) is 2.14. The number of rotatable bonds is 1. The number of ether oxygens (including phenoxy) is 1. The molecule has 1 amide bonds. The number of carbonyl (C=O) groups is 1. The highest BCUT2D eigenvalue weighted by molar-refractivity contribution is 6.00. The Bertz CT molecular complexity index is 521. The van der Waals surface area contributed by atoms with Gasteiger partial charge in [-0.25, -0.2) is 0 Å². The number of likely N-dealkylation sites (tertiary alicyclic amines) is 1. The molecule has 1 saturated heterocycles. The van der Waals surface area contributed by atoms with Crippen LogP contribution in [0.2, 0.25) is 0 Å². The molecule has 1 aromatic rings. The maximum atomic E-state index is 12.5. The number of hydrogen-bond donors (Lipinski definition) is 0. The van der Waals surface area contributed by atoms with E-state index in [4.69, 9.17) is 4.74 Å². The SMILES string of the molecule is Cc1ccc2c(c1)OC(C)C(=O)N2C1CCN(C)CC1. The second kappa shape index (κ2) is 5.09. The van der Waals surface area contributed by atoms with Crippen LogP contribution in [0, 0.1) is 6.92 Å². The Hall–Kier alpha value is -1.55. The second-order valence-electron chi connectivity index (χ2n) is 5.97. The molecule has 1 fully saturated rings. The van der Waals surface area contributed by atoms with Crippen LogP contribution >= 0.6 is 0 Å². The standard InChI is InChI=1S/C16H22N2O2/c1-11-4-5-14-15(10-11)20-12(2)16(19)18(14)13-6-8-17(3)9-7-13/h4-5,10,12-13H,6-9H2,1-3H3. The van der Waals surface area contributed by atoms with Gasteiger partial charge >= 0.3 is 0 Å². The molecule has 1 unspecified atom stereocenters. The molecule has 2 aliphatic rings. The first kappa shape index (κ1) is 13.4. The maximum absolute atomic E-state index is 12.5. The van der Waals surface area contributed by atoms with E-state index in [-0.39, 0.29) is 12.0 Å². The van der Waals surface area contributed by atoms with E-state index in [0.717, 1.165) is 42.9 Å². The van der Waals surface area contributed by atoms with Crippen LogP contribution in [-0.2, 0) is 4.79 Å². The van der Waals surface area contributed by atoms with Crippen LogP contribution in [0.15, 0.2) is 18.2 Å². The van der Waals surface area contributed by atoms with Gasteiger partial charge in [0.25, 0.3) is 5.91 Å². The zero-order valence-corrected chi connectivity index (χ0v) is 12.4. The molecule has 2 heterocycles. The van der Waals surface area contributed by atoms with Crippen LogP contribution in [0.1, 0.15) is 25.3 Å². The fourth-order valence-electron chi connectivity index (χ4n) is 3.10. The summed E-state index contributed by atoms with van der Waals surface area (Å²) in [5.74, 6) is 0.937. The number of benzene rings is 1. The molecule has 0 spiro atoms. The molecule has 4 heteroatoms. The largest absolute Gasteiger partial charge is 0.479 e. The first-order chi connectivity index (χ1) is 9.56. The summed E-state index contributed by atoms with van der Waals surface area (Å²) >= 11 is 0. The van der Waals surface area contributed by atoms with Gasteiger partial charge < -0.3 is 14.5 Å². The van der Waals surface area contributed by atoms with Crippen molar-refractivity contribution in [2.45, 2.75) is 38.8 Å². The van der Waals surface area contributed by atoms with Crippen molar-refractivity contribution < 1.29 is 9.53 Å². The molecule has 20 heavy (non-hydrogen) atoms. The summed E-state index contributed by atoms with van der Waals surface area (Å²) in [6.45, 7) is 5.98. The lowest BCUT2D eigenvalue weighted by Crippen LogP contribution is -2.52. The van der Waals surface area contributed by atoms with Crippen molar-refractivity contribution in [3.8, 4) is 5.75 Å². The minimum Gasteiger partial charge on any atom is -0.479 e. The first-order valence-corrected chi connectivity index (χ1v) is 7.35. The number of hydrogen-bond acceptors (Lipinski definition) is 3. The number of nitrogens with zero attached hydrogens (tertiary/aromatic N) is 2. The summed E-state index contributed by atoms with van der Waals surface area (Å²) in [5.41, 5.74) is 2.10. The lowest BCUT2D eigenvalue weighted by atomic mass is 10.0. The number of piperidine rings is 1. The lowest BCUT2D eigenvalue weighted by Gasteiger charge is -2.41. The van der Waals surface area contributed by atoms with E-state index in [0.29, 0.717) is 6.04 Å². The zero-order valence-electron chi connectivity index (χ0n) is 12.4. The molecule has 1 atom stereocenters. The highest BCUT2D eigenvalue weighted by Crippen LogP contribution is 2.37. The highest BCUT2D eigenvalue weighted by Gasteiger charge is 2.36. The Balaban J connectivity index is 1.95. The summed E-state index contributed by atoms with van der Waals surface area (Å²) in [6, 6.07) is 6.40. The predicted molar refractivity (Wildman–Crippen MR) is 79.3 cm³/mol. The topological polar surface area (TPSA) is 32.8 Å². The molecule has 108 valence electrons. The number of carbonyl (C=O) groups excluding carboxylic acids is 1. The molecule has 0 saturated carbocycles. The van der Waals surface area contributed by atoms with Gasteiger partial charge in [-0.15, -0.1) is 0 Å². The second-order valence-corrected chi connectivity index (χ2v) is 5.97. The van der Waals surface area contributed by atoms with Gasteiger partial charge in [-0.2, -0.15) is 0 Å². The van der Waals surface area contributed by atoms with Gasteiger partial charge in [0.15, 0.2) is 6.10 Å². The minimum absolute atomic E-state index is 0.0934. The van der Waals surface area contributed by atoms with Crippen molar-refractivity contribution in [3.05, 3.63) is 23.8 Å². The zero-order chi connectivity index (χ0) is 14.3. The summed E-state index contributed by atoms with van der Waals surface area (Å²) in [5, 5.41) is 0. The molecular formula is C16H22N2O2. The molecule has 0 radical (unpaired) electrons. The van der Waals surface area contributed by atoms with Crippen LogP contribution < -0.4 is 9.64 Å². The van der Waals surface area contributed by atoms with Gasteiger partial charge in [-0.05, 0) is 64.5 Å².